The van der Waals surface area contributed by atoms with Crippen molar-refractivity contribution in [2.24, 2.45) is 4.99 Å². The van der Waals surface area contributed by atoms with Crippen LogP contribution in [0, 0.1) is 0 Å². The molecule has 42 heavy (non-hydrogen) atoms. The lowest BCUT2D eigenvalue weighted by molar-refractivity contribution is -0.138. The second-order valence-electron chi connectivity index (χ2n) is 8.98. The number of rotatable bonds is 9. The summed E-state index contributed by atoms with van der Waals surface area (Å²) in [4.78, 5) is 55.1. The number of methoxy groups -OCH3 is 2. The minimum Gasteiger partial charge on any atom is -0.493 e. The molecule has 1 aromatic heterocycles. The van der Waals surface area contributed by atoms with E-state index >= 15 is 0 Å². The molecule has 3 aromatic rings. The number of ether oxygens (including phenoxy) is 5. The van der Waals surface area contributed by atoms with E-state index in [4.69, 9.17) is 23.7 Å². The lowest BCUT2D eigenvalue weighted by atomic mass is 9.95. The Morgan fingerprint density at radius 3 is 2.19 bits per heavy atom. The largest absolute Gasteiger partial charge is 0.493 e. The molecule has 1 aliphatic heterocycles. The highest BCUT2D eigenvalue weighted by atomic mass is 32.1. The Morgan fingerprint density at radius 1 is 0.976 bits per heavy atom. The molecule has 0 radical (unpaired) electrons. The average Bonchev–Trinajstić information content (AvgIpc) is 3.25. The van der Waals surface area contributed by atoms with Gasteiger partial charge in [-0.05, 0) is 48.4 Å². The lowest BCUT2D eigenvalue weighted by Crippen LogP contribution is -2.40. The summed E-state index contributed by atoms with van der Waals surface area (Å²) in [6, 6.07) is 8.72. The van der Waals surface area contributed by atoms with Gasteiger partial charge in [0.05, 0.1) is 36.1 Å². The molecule has 0 saturated heterocycles. The molecule has 0 N–H and O–H groups in total. The zero-order valence-corrected chi connectivity index (χ0v) is 24.4. The van der Waals surface area contributed by atoms with Crippen LogP contribution in [-0.4, -0.2) is 43.3 Å². The summed E-state index contributed by atoms with van der Waals surface area (Å²) < 4.78 is 28.3. The van der Waals surface area contributed by atoms with Crippen molar-refractivity contribution in [3.05, 3.63) is 91.1 Å². The van der Waals surface area contributed by atoms with Gasteiger partial charge in [-0.3, -0.25) is 19.0 Å². The van der Waals surface area contributed by atoms with Crippen molar-refractivity contribution >= 4 is 35.3 Å². The van der Waals surface area contributed by atoms with Crippen molar-refractivity contribution in [2.75, 3.05) is 20.8 Å². The van der Waals surface area contributed by atoms with E-state index < -0.39 is 29.5 Å². The van der Waals surface area contributed by atoms with Gasteiger partial charge in [0.2, 0.25) is 0 Å². The van der Waals surface area contributed by atoms with Gasteiger partial charge in [0.25, 0.3) is 5.56 Å². The van der Waals surface area contributed by atoms with E-state index in [2.05, 4.69) is 11.6 Å². The Hall–Kier alpha value is -4.97. The van der Waals surface area contributed by atoms with Gasteiger partial charge in [-0.2, -0.15) is 0 Å². The number of carbonyl (C=O) groups is 3. The van der Waals surface area contributed by atoms with Gasteiger partial charge in [0.15, 0.2) is 27.8 Å². The van der Waals surface area contributed by atoms with Gasteiger partial charge in [-0.25, -0.2) is 9.79 Å². The second kappa shape index (κ2) is 12.7. The van der Waals surface area contributed by atoms with E-state index in [1.54, 1.807) is 43.3 Å². The van der Waals surface area contributed by atoms with E-state index in [0.717, 1.165) is 11.3 Å². The summed E-state index contributed by atoms with van der Waals surface area (Å²) >= 11 is 1.14. The van der Waals surface area contributed by atoms with Crippen LogP contribution in [0.15, 0.2) is 70.1 Å². The normalized spacial score (nSPS) is 14.4. The van der Waals surface area contributed by atoms with Gasteiger partial charge in [-0.1, -0.05) is 36.1 Å². The van der Waals surface area contributed by atoms with E-state index in [-0.39, 0.29) is 29.4 Å². The van der Waals surface area contributed by atoms with Crippen LogP contribution in [0.2, 0.25) is 0 Å². The molecule has 1 unspecified atom stereocenters. The van der Waals surface area contributed by atoms with Gasteiger partial charge >= 0.3 is 17.9 Å². The molecular weight excluding hydrogens is 564 g/mol. The number of carbonyl (C=O) groups excluding carboxylic acids is 3. The highest BCUT2D eigenvalue weighted by Crippen LogP contribution is 2.36. The van der Waals surface area contributed by atoms with Gasteiger partial charge in [0.1, 0.15) is 6.61 Å². The molecule has 0 spiro atoms. The van der Waals surface area contributed by atoms with Crippen molar-refractivity contribution in [3.63, 3.8) is 0 Å². The Labute approximate surface area is 244 Å². The number of fused-ring (bicyclic) bond motifs is 1. The van der Waals surface area contributed by atoms with E-state index in [9.17, 15) is 19.2 Å². The van der Waals surface area contributed by atoms with Crippen LogP contribution in [0.4, 0.5) is 0 Å². The minimum absolute atomic E-state index is 0.0351. The smallest absolute Gasteiger partial charge is 0.338 e. The monoisotopic (exact) mass is 592 g/mol. The van der Waals surface area contributed by atoms with Crippen molar-refractivity contribution < 1.29 is 38.1 Å². The van der Waals surface area contributed by atoms with Crippen LogP contribution in [-0.2, 0) is 19.1 Å². The third kappa shape index (κ3) is 6.18. The summed E-state index contributed by atoms with van der Waals surface area (Å²) in [5.74, 6) is -0.715. The molecule has 0 amide bonds. The van der Waals surface area contributed by atoms with Crippen LogP contribution in [0.1, 0.15) is 37.9 Å². The maximum Gasteiger partial charge on any atom is 0.338 e. The molecule has 4 rings (SSSR count). The number of hydrogen-bond acceptors (Lipinski definition) is 11. The number of nitrogens with zero attached hydrogens (tertiary/aromatic N) is 2. The van der Waals surface area contributed by atoms with Gasteiger partial charge in [-0.15, -0.1) is 0 Å². The third-order valence-electron chi connectivity index (χ3n) is 6.07. The maximum absolute atomic E-state index is 13.9. The van der Waals surface area contributed by atoms with Crippen molar-refractivity contribution in [1.29, 1.82) is 0 Å². The molecule has 11 nitrogen and oxygen atoms in total. The molecule has 0 saturated carbocycles. The third-order valence-corrected chi connectivity index (χ3v) is 7.05. The zero-order valence-electron chi connectivity index (χ0n) is 23.6. The van der Waals surface area contributed by atoms with E-state index in [1.807, 2.05) is 0 Å². The Bertz CT molecular complexity index is 1800. The molecule has 218 valence electrons. The highest BCUT2D eigenvalue weighted by molar-refractivity contribution is 7.07. The first-order chi connectivity index (χ1) is 20.1. The molecule has 0 fully saturated rings. The zero-order chi connectivity index (χ0) is 30.6. The number of aromatic nitrogens is 1. The van der Waals surface area contributed by atoms with Crippen molar-refractivity contribution in [3.8, 4) is 23.0 Å². The first-order valence-electron chi connectivity index (χ1n) is 12.6. The maximum atomic E-state index is 13.9. The average molecular weight is 593 g/mol. The minimum atomic E-state index is -0.929. The highest BCUT2D eigenvalue weighted by Gasteiger charge is 2.34. The molecule has 2 aromatic carbocycles. The quantitative estimate of drug-likeness (QED) is 0.209. The molecule has 2 heterocycles. The topological polar surface area (TPSA) is 132 Å². The predicted octanol–water partition coefficient (Wildman–Crippen LogP) is 2.83. The van der Waals surface area contributed by atoms with Crippen LogP contribution >= 0.6 is 11.3 Å². The fourth-order valence-corrected chi connectivity index (χ4v) is 5.41. The van der Waals surface area contributed by atoms with Crippen LogP contribution in [0.3, 0.4) is 0 Å². The molecule has 0 bridgehead atoms. The van der Waals surface area contributed by atoms with E-state index in [0.29, 0.717) is 31.9 Å². The Morgan fingerprint density at radius 2 is 1.60 bits per heavy atom. The predicted molar refractivity (Wildman–Crippen MR) is 154 cm³/mol. The number of esters is 3. The van der Waals surface area contributed by atoms with Crippen molar-refractivity contribution in [1.82, 2.24) is 4.57 Å². The number of thiazole rings is 1. The molecular formula is C30H28N2O9S. The van der Waals surface area contributed by atoms with Crippen LogP contribution in [0.25, 0.3) is 6.08 Å². The standard InChI is InChI=1S/C30H28N2O9S/c1-7-12-39-29(36)26-16(2)31-30-32(27(26)20-9-11-22(41-18(4)34)24(15-20)38-6)28(35)25(42-30)14-19-8-10-21(40-17(3)33)23(13-19)37-5/h7-11,13-15,27H,1,12H2,2-6H3. The second-order valence-corrected chi connectivity index (χ2v) is 9.99. The number of hydrogen-bond donors (Lipinski definition) is 0. The molecule has 0 aliphatic carbocycles. The van der Waals surface area contributed by atoms with Gasteiger partial charge in [0, 0.05) is 13.8 Å². The van der Waals surface area contributed by atoms with Gasteiger partial charge < -0.3 is 23.7 Å². The number of allylic oxidation sites excluding steroid dienone is 1. The Kier molecular flexibility index (Phi) is 9.06. The van der Waals surface area contributed by atoms with Crippen LogP contribution < -0.4 is 33.8 Å². The summed E-state index contributed by atoms with van der Waals surface area (Å²) in [7, 11) is 2.86. The SMILES string of the molecule is C=CCOC(=O)C1=C(C)N=c2sc(=Cc3ccc(OC(C)=O)c(OC)c3)c(=O)n2C1c1ccc(OC(C)=O)c(OC)c1. The fraction of sp³-hybridized carbons (Fsp3) is 0.233. The van der Waals surface area contributed by atoms with Crippen molar-refractivity contribution in [2.45, 2.75) is 26.8 Å². The summed E-state index contributed by atoms with van der Waals surface area (Å²) in [6.07, 6.45) is 3.09. The molecule has 12 heteroatoms. The fourth-order valence-electron chi connectivity index (χ4n) is 4.37. The Balaban J connectivity index is 1.91. The summed E-state index contributed by atoms with van der Waals surface area (Å²) in [6.45, 7) is 7.77. The lowest BCUT2D eigenvalue weighted by Gasteiger charge is -2.25. The molecule has 1 aliphatic rings. The summed E-state index contributed by atoms with van der Waals surface area (Å²) in [5.41, 5.74) is 1.24. The first-order valence-corrected chi connectivity index (χ1v) is 13.4. The number of benzene rings is 2. The first kappa shape index (κ1) is 30.0. The summed E-state index contributed by atoms with van der Waals surface area (Å²) in [5, 5.41) is 0. The van der Waals surface area contributed by atoms with E-state index in [1.165, 1.54) is 44.8 Å². The molecule has 1 atom stereocenters. The van der Waals surface area contributed by atoms with Crippen LogP contribution in [0.5, 0.6) is 23.0 Å².